The molecule has 2 aromatic carbocycles. The monoisotopic (exact) mass is 295 g/mol. The third-order valence-electron chi connectivity index (χ3n) is 4.64. The van der Waals surface area contributed by atoms with Gasteiger partial charge in [-0.3, -0.25) is 0 Å². The van der Waals surface area contributed by atoms with Gasteiger partial charge in [0.2, 0.25) is 0 Å². The summed E-state index contributed by atoms with van der Waals surface area (Å²) in [4.78, 5) is 11.2. The molecule has 0 bridgehead atoms. The van der Waals surface area contributed by atoms with Crippen LogP contribution in [0.25, 0.3) is 0 Å². The SMILES string of the molecule is O=C(O)c1ccc2c(c1)C1OCCC1C(c1ccccc1)N2. The van der Waals surface area contributed by atoms with Crippen LogP contribution >= 0.6 is 0 Å². The lowest BCUT2D eigenvalue weighted by Gasteiger charge is -2.36. The summed E-state index contributed by atoms with van der Waals surface area (Å²) in [6.07, 6.45) is 0.953. The zero-order valence-corrected chi connectivity index (χ0v) is 12.0. The topological polar surface area (TPSA) is 58.6 Å². The molecule has 0 amide bonds. The van der Waals surface area contributed by atoms with Gasteiger partial charge in [-0.25, -0.2) is 4.79 Å². The first kappa shape index (κ1) is 13.3. The molecule has 2 aliphatic rings. The molecular weight excluding hydrogens is 278 g/mol. The van der Waals surface area contributed by atoms with E-state index in [-0.39, 0.29) is 12.1 Å². The summed E-state index contributed by atoms with van der Waals surface area (Å²) in [6, 6.07) is 15.8. The molecule has 0 radical (unpaired) electrons. The lowest BCUT2D eigenvalue weighted by Crippen LogP contribution is -2.29. The maximum atomic E-state index is 11.2. The minimum atomic E-state index is -0.900. The van der Waals surface area contributed by atoms with Crippen LogP contribution < -0.4 is 5.32 Å². The van der Waals surface area contributed by atoms with E-state index in [2.05, 4.69) is 17.4 Å². The summed E-state index contributed by atoms with van der Waals surface area (Å²) in [5, 5.41) is 12.8. The van der Waals surface area contributed by atoms with E-state index in [9.17, 15) is 9.90 Å². The molecule has 2 N–H and O–H groups in total. The van der Waals surface area contributed by atoms with E-state index in [0.717, 1.165) is 24.3 Å². The molecule has 0 saturated carbocycles. The fourth-order valence-electron chi connectivity index (χ4n) is 3.60. The molecule has 2 heterocycles. The normalized spacial score (nSPS) is 25.9. The number of hydrogen-bond donors (Lipinski definition) is 2. The first-order valence-electron chi connectivity index (χ1n) is 7.54. The lowest BCUT2D eigenvalue weighted by molar-refractivity contribution is 0.0694. The lowest BCUT2D eigenvalue weighted by atomic mass is 9.80. The van der Waals surface area contributed by atoms with Gasteiger partial charge in [-0.1, -0.05) is 30.3 Å². The molecule has 3 unspecified atom stereocenters. The van der Waals surface area contributed by atoms with Crippen molar-refractivity contribution in [3.8, 4) is 0 Å². The van der Waals surface area contributed by atoms with Gasteiger partial charge in [0.25, 0.3) is 0 Å². The van der Waals surface area contributed by atoms with Crippen molar-refractivity contribution in [1.82, 2.24) is 0 Å². The largest absolute Gasteiger partial charge is 0.478 e. The molecule has 1 fully saturated rings. The standard InChI is InChI=1S/C18H17NO3/c20-18(21)12-6-7-15-14(10-12)17-13(8-9-22-17)16(19-15)11-4-2-1-3-5-11/h1-7,10,13,16-17,19H,8-9H2,(H,20,21). The van der Waals surface area contributed by atoms with Crippen molar-refractivity contribution in [3.05, 3.63) is 65.2 Å². The number of hydrogen-bond acceptors (Lipinski definition) is 3. The van der Waals surface area contributed by atoms with Crippen molar-refractivity contribution in [2.75, 3.05) is 11.9 Å². The van der Waals surface area contributed by atoms with E-state index in [4.69, 9.17) is 4.74 Å². The molecule has 4 heteroatoms. The van der Waals surface area contributed by atoms with Gasteiger partial charge < -0.3 is 15.2 Å². The summed E-state index contributed by atoms with van der Waals surface area (Å²) < 4.78 is 5.94. The number of carbonyl (C=O) groups is 1. The van der Waals surface area contributed by atoms with E-state index < -0.39 is 5.97 Å². The zero-order valence-electron chi connectivity index (χ0n) is 12.0. The van der Waals surface area contributed by atoms with Crippen molar-refractivity contribution < 1.29 is 14.6 Å². The van der Waals surface area contributed by atoms with E-state index >= 15 is 0 Å². The van der Waals surface area contributed by atoms with Gasteiger partial charge in [0.05, 0.1) is 17.7 Å². The highest BCUT2D eigenvalue weighted by Crippen LogP contribution is 2.49. The fraction of sp³-hybridized carbons (Fsp3) is 0.278. The highest BCUT2D eigenvalue weighted by atomic mass is 16.5. The van der Waals surface area contributed by atoms with E-state index in [1.54, 1.807) is 12.1 Å². The van der Waals surface area contributed by atoms with Crippen molar-refractivity contribution in [2.45, 2.75) is 18.6 Å². The van der Waals surface area contributed by atoms with Gasteiger partial charge in [0, 0.05) is 23.8 Å². The number of ether oxygens (including phenoxy) is 1. The molecule has 112 valence electrons. The van der Waals surface area contributed by atoms with Crippen LogP contribution in [0.4, 0.5) is 5.69 Å². The van der Waals surface area contributed by atoms with Crippen LogP contribution in [0.2, 0.25) is 0 Å². The third-order valence-corrected chi connectivity index (χ3v) is 4.64. The maximum Gasteiger partial charge on any atom is 0.335 e. The Morgan fingerprint density at radius 1 is 1.18 bits per heavy atom. The third kappa shape index (κ3) is 2.07. The first-order chi connectivity index (χ1) is 10.7. The molecule has 22 heavy (non-hydrogen) atoms. The Bertz CT molecular complexity index is 714. The highest BCUT2D eigenvalue weighted by Gasteiger charge is 2.41. The number of carboxylic acids is 1. The smallest absolute Gasteiger partial charge is 0.335 e. The Labute approximate surface area is 128 Å². The van der Waals surface area contributed by atoms with Gasteiger partial charge in [-0.05, 0) is 30.2 Å². The number of nitrogens with one attached hydrogen (secondary N) is 1. The quantitative estimate of drug-likeness (QED) is 0.888. The molecule has 2 aliphatic heterocycles. The zero-order chi connectivity index (χ0) is 15.1. The second-order valence-electron chi connectivity index (χ2n) is 5.88. The first-order valence-corrected chi connectivity index (χ1v) is 7.54. The van der Waals surface area contributed by atoms with Gasteiger partial charge >= 0.3 is 5.97 Å². The number of benzene rings is 2. The summed E-state index contributed by atoms with van der Waals surface area (Å²) in [5.41, 5.74) is 3.50. The number of fused-ring (bicyclic) bond motifs is 3. The molecule has 0 aromatic heterocycles. The van der Waals surface area contributed by atoms with Crippen LogP contribution in [-0.4, -0.2) is 17.7 Å². The number of anilines is 1. The molecule has 0 spiro atoms. The average molecular weight is 295 g/mol. The molecule has 2 aromatic rings. The van der Waals surface area contributed by atoms with Crippen LogP contribution in [0.3, 0.4) is 0 Å². The van der Waals surface area contributed by atoms with Gasteiger partial charge in [-0.15, -0.1) is 0 Å². The van der Waals surface area contributed by atoms with Crippen molar-refractivity contribution >= 4 is 11.7 Å². The summed E-state index contributed by atoms with van der Waals surface area (Å²) in [5.74, 6) is -0.568. The summed E-state index contributed by atoms with van der Waals surface area (Å²) in [7, 11) is 0. The van der Waals surface area contributed by atoms with Crippen LogP contribution in [0.5, 0.6) is 0 Å². The van der Waals surface area contributed by atoms with Gasteiger partial charge in [-0.2, -0.15) is 0 Å². The average Bonchev–Trinajstić information content (AvgIpc) is 3.04. The maximum absolute atomic E-state index is 11.2. The Morgan fingerprint density at radius 3 is 2.77 bits per heavy atom. The molecule has 4 nitrogen and oxygen atoms in total. The Kier molecular flexibility index (Phi) is 3.12. The minimum absolute atomic E-state index is 0.0271. The van der Waals surface area contributed by atoms with E-state index in [1.807, 2.05) is 24.3 Å². The van der Waals surface area contributed by atoms with Crippen molar-refractivity contribution in [3.63, 3.8) is 0 Å². The van der Waals surface area contributed by atoms with E-state index in [1.165, 1.54) is 5.56 Å². The summed E-state index contributed by atoms with van der Waals surface area (Å²) in [6.45, 7) is 0.719. The van der Waals surface area contributed by atoms with E-state index in [0.29, 0.717) is 11.5 Å². The van der Waals surface area contributed by atoms with Crippen LogP contribution in [-0.2, 0) is 4.74 Å². The van der Waals surface area contributed by atoms with Gasteiger partial charge in [0.1, 0.15) is 0 Å². The van der Waals surface area contributed by atoms with Crippen LogP contribution in [0, 0.1) is 5.92 Å². The molecule has 4 rings (SSSR count). The molecule has 0 aliphatic carbocycles. The highest BCUT2D eigenvalue weighted by molar-refractivity contribution is 5.88. The Morgan fingerprint density at radius 2 is 2.00 bits per heavy atom. The van der Waals surface area contributed by atoms with Crippen LogP contribution in [0.15, 0.2) is 48.5 Å². The van der Waals surface area contributed by atoms with Gasteiger partial charge in [0.15, 0.2) is 0 Å². The fourth-order valence-corrected chi connectivity index (χ4v) is 3.60. The summed E-state index contributed by atoms with van der Waals surface area (Å²) >= 11 is 0. The number of aromatic carboxylic acids is 1. The minimum Gasteiger partial charge on any atom is -0.478 e. The van der Waals surface area contributed by atoms with Crippen LogP contribution in [0.1, 0.15) is 40.1 Å². The Hall–Kier alpha value is -2.33. The van der Waals surface area contributed by atoms with Crippen molar-refractivity contribution in [1.29, 1.82) is 0 Å². The second-order valence-corrected chi connectivity index (χ2v) is 5.88. The molecular formula is C18H17NO3. The Balaban J connectivity index is 1.78. The molecule has 1 saturated heterocycles. The van der Waals surface area contributed by atoms with Crippen molar-refractivity contribution in [2.24, 2.45) is 5.92 Å². The molecule has 3 atom stereocenters. The second kappa shape index (κ2) is 5.14. The number of carboxylic acid groups (broad SMARTS) is 1. The number of rotatable bonds is 2. The predicted molar refractivity (Wildman–Crippen MR) is 83.0 cm³/mol. The predicted octanol–water partition coefficient (Wildman–Crippen LogP) is 3.63.